The van der Waals surface area contributed by atoms with Crippen molar-refractivity contribution in [1.82, 2.24) is 19.4 Å². The summed E-state index contributed by atoms with van der Waals surface area (Å²) in [4.78, 5) is 23.9. The Morgan fingerprint density at radius 3 is 2.82 bits per heavy atom. The summed E-state index contributed by atoms with van der Waals surface area (Å²) in [6.45, 7) is 6.96. The molecule has 1 aromatic carbocycles. The molecule has 0 spiro atoms. The number of likely N-dealkylation sites (tertiary alicyclic amines) is 1. The molecule has 5 nitrogen and oxygen atoms in total. The molecular weight excluding hydrogens is 348 g/mol. The number of amides is 1. The van der Waals surface area contributed by atoms with Crippen LogP contribution in [0.2, 0.25) is 0 Å². The van der Waals surface area contributed by atoms with Gasteiger partial charge in [0.15, 0.2) is 0 Å². The molecule has 28 heavy (non-hydrogen) atoms. The summed E-state index contributed by atoms with van der Waals surface area (Å²) in [6.07, 6.45) is 6.06. The fourth-order valence-corrected chi connectivity index (χ4v) is 4.11. The van der Waals surface area contributed by atoms with Crippen LogP contribution >= 0.6 is 0 Å². The van der Waals surface area contributed by atoms with E-state index in [1.165, 1.54) is 5.56 Å². The Bertz CT molecular complexity index is 948. The lowest BCUT2D eigenvalue weighted by molar-refractivity contribution is -0.130. The second-order valence-electron chi connectivity index (χ2n) is 8.15. The van der Waals surface area contributed by atoms with Crippen LogP contribution in [-0.4, -0.2) is 38.4 Å². The summed E-state index contributed by atoms with van der Waals surface area (Å²) in [5.41, 5.74) is 3.32. The predicted octanol–water partition coefficient (Wildman–Crippen LogP) is 4.04. The van der Waals surface area contributed by atoms with Crippen LogP contribution in [0.25, 0.3) is 11.0 Å². The Labute approximate surface area is 166 Å². The maximum Gasteiger partial charge on any atom is 0.222 e. The molecule has 3 aromatic rings. The van der Waals surface area contributed by atoms with Crippen molar-refractivity contribution in [1.29, 1.82) is 0 Å². The van der Waals surface area contributed by atoms with Crippen molar-refractivity contribution in [3.63, 3.8) is 0 Å². The van der Waals surface area contributed by atoms with Gasteiger partial charge in [-0.3, -0.25) is 9.78 Å². The van der Waals surface area contributed by atoms with Gasteiger partial charge in [-0.15, -0.1) is 0 Å². The molecule has 1 saturated heterocycles. The smallest absolute Gasteiger partial charge is 0.222 e. The zero-order valence-corrected chi connectivity index (χ0v) is 16.7. The molecule has 5 heteroatoms. The van der Waals surface area contributed by atoms with Gasteiger partial charge in [0.25, 0.3) is 0 Å². The van der Waals surface area contributed by atoms with Gasteiger partial charge >= 0.3 is 0 Å². The van der Waals surface area contributed by atoms with Gasteiger partial charge in [-0.2, -0.15) is 0 Å². The van der Waals surface area contributed by atoms with Crippen LogP contribution in [0.15, 0.2) is 48.8 Å². The topological polar surface area (TPSA) is 51.0 Å². The van der Waals surface area contributed by atoms with E-state index in [2.05, 4.69) is 35.5 Å². The van der Waals surface area contributed by atoms with Gasteiger partial charge in [-0.25, -0.2) is 4.98 Å². The molecule has 2 aromatic heterocycles. The van der Waals surface area contributed by atoms with Crippen molar-refractivity contribution < 1.29 is 4.79 Å². The molecule has 146 valence electrons. The molecule has 0 bridgehead atoms. The van der Waals surface area contributed by atoms with Gasteiger partial charge in [-0.1, -0.05) is 44.2 Å². The highest BCUT2D eigenvalue weighted by molar-refractivity contribution is 5.77. The number of imidazole rings is 1. The molecule has 0 N–H and O–H groups in total. The number of carbonyl (C=O) groups is 1. The fraction of sp³-hybridized carbons (Fsp3) is 0.435. The van der Waals surface area contributed by atoms with Crippen LogP contribution in [0, 0.1) is 5.92 Å². The Kier molecular flexibility index (Phi) is 5.42. The molecule has 3 heterocycles. The lowest BCUT2D eigenvalue weighted by Crippen LogP contribution is -2.29. The van der Waals surface area contributed by atoms with Crippen molar-refractivity contribution in [2.45, 2.75) is 45.6 Å². The molecule has 0 aliphatic carbocycles. The van der Waals surface area contributed by atoms with Crippen molar-refractivity contribution in [2.75, 3.05) is 13.1 Å². The molecule has 1 aliphatic rings. The average molecular weight is 377 g/mol. The van der Waals surface area contributed by atoms with E-state index in [-0.39, 0.29) is 5.91 Å². The van der Waals surface area contributed by atoms with Gasteiger partial charge < -0.3 is 9.47 Å². The zero-order chi connectivity index (χ0) is 19.5. The number of hydrogen-bond donors (Lipinski definition) is 0. The number of aromatic nitrogens is 3. The maximum atomic E-state index is 12.7. The first-order valence-electron chi connectivity index (χ1n) is 10.2. The predicted molar refractivity (Wildman–Crippen MR) is 111 cm³/mol. The largest absolute Gasteiger partial charge is 0.342 e. The van der Waals surface area contributed by atoms with Crippen LogP contribution in [-0.2, 0) is 17.8 Å². The molecule has 0 saturated carbocycles. The average Bonchev–Trinajstić information content (AvgIpc) is 3.32. The number of nitrogens with zero attached hydrogens (tertiary/aromatic N) is 4. The number of benzene rings is 1. The summed E-state index contributed by atoms with van der Waals surface area (Å²) in [5.74, 6) is 2.18. The highest BCUT2D eigenvalue weighted by Gasteiger charge is 2.30. The van der Waals surface area contributed by atoms with Crippen LogP contribution in [0.3, 0.4) is 0 Å². The van der Waals surface area contributed by atoms with Crippen LogP contribution in [0.1, 0.15) is 44.0 Å². The summed E-state index contributed by atoms with van der Waals surface area (Å²) in [5, 5.41) is 0. The maximum absolute atomic E-state index is 12.7. The number of aryl methyl sites for hydroxylation is 1. The first-order valence-corrected chi connectivity index (χ1v) is 10.2. The molecule has 1 aliphatic heterocycles. The van der Waals surface area contributed by atoms with E-state index >= 15 is 0 Å². The van der Waals surface area contributed by atoms with E-state index < -0.39 is 0 Å². The van der Waals surface area contributed by atoms with Gasteiger partial charge in [0.1, 0.15) is 5.82 Å². The Balaban J connectivity index is 1.47. The van der Waals surface area contributed by atoms with Crippen LogP contribution < -0.4 is 0 Å². The molecule has 4 rings (SSSR count). The van der Waals surface area contributed by atoms with Crippen molar-refractivity contribution in [3.8, 4) is 0 Å². The minimum absolute atomic E-state index is 0.250. The zero-order valence-electron chi connectivity index (χ0n) is 16.7. The lowest BCUT2D eigenvalue weighted by Gasteiger charge is -2.18. The Morgan fingerprint density at radius 1 is 1.21 bits per heavy atom. The van der Waals surface area contributed by atoms with Gasteiger partial charge in [0.2, 0.25) is 5.91 Å². The van der Waals surface area contributed by atoms with E-state index in [1.807, 2.05) is 35.4 Å². The Morgan fingerprint density at radius 2 is 2.04 bits per heavy atom. The van der Waals surface area contributed by atoms with Gasteiger partial charge in [0.05, 0.1) is 17.2 Å². The standard InChI is InChI=1S/C23H28N4O/c1-17(2)15-27-21-14-24-12-10-20(21)25-23(27)19-11-13-26(16-19)22(28)9-8-18-6-4-3-5-7-18/h3-7,10,12,14,17,19H,8-9,11,13,15-16H2,1-2H3. The van der Waals surface area contributed by atoms with Crippen molar-refractivity contribution in [3.05, 3.63) is 60.2 Å². The summed E-state index contributed by atoms with van der Waals surface area (Å²) >= 11 is 0. The van der Waals surface area contributed by atoms with E-state index in [9.17, 15) is 4.79 Å². The normalized spacial score (nSPS) is 17.0. The molecule has 0 radical (unpaired) electrons. The fourth-order valence-electron chi connectivity index (χ4n) is 4.11. The van der Waals surface area contributed by atoms with E-state index in [4.69, 9.17) is 4.98 Å². The summed E-state index contributed by atoms with van der Waals surface area (Å²) < 4.78 is 2.32. The van der Waals surface area contributed by atoms with Gasteiger partial charge in [-0.05, 0) is 30.4 Å². The van der Waals surface area contributed by atoms with Crippen LogP contribution in [0.5, 0.6) is 0 Å². The van der Waals surface area contributed by atoms with E-state index in [0.717, 1.165) is 49.3 Å². The Hall–Kier alpha value is -2.69. The third kappa shape index (κ3) is 3.93. The highest BCUT2D eigenvalue weighted by atomic mass is 16.2. The number of carbonyl (C=O) groups excluding carboxylic acids is 1. The molecular formula is C23H28N4O. The monoisotopic (exact) mass is 376 g/mol. The summed E-state index contributed by atoms with van der Waals surface area (Å²) in [7, 11) is 0. The quantitative estimate of drug-likeness (QED) is 0.652. The van der Waals surface area contributed by atoms with Crippen LogP contribution in [0.4, 0.5) is 0 Å². The number of rotatable bonds is 6. The minimum Gasteiger partial charge on any atom is -0.342 e. The van der Waals surface area contributed by atoms with Crippen molar-refractivity contribution >= 4 is 16.9 Å². The summed E-state index contributed by atoms with van der Waals surface area (Å²) in [6, 6.07) is 12.2. The number of fused-ring (bicyclic) bond motifs is 1. The molecule has 1 amide bonds. The van der Waals surface area contributed by atoms with E-state index in [1.54, 1.807) is 6.20 Å². The first kappa shape index (κ1) is 18.7. The molecule has 1 unspecified atom stereocenters. The van der Waals surface area contributed by atoms with E-state index in [0.29, 0.717) is 18.3 Å². The molecule has 1 atom stereocenters. The van der Waals surface area contributed by atoms with Gasteiger partial charge in [0, 0.05) is 38.2 Å². The number of hydrogen-bond acceptors (Lipinski definition) is 3. The van der Waals surface area contributed by atoms with Crippen molar-refractivity contribution in [2.24, 2.45) is 5.92 Å². The second-order valence-corrected chi connectivity index (χ2v) is 8.15. The first-order chi connectivity index (χ1) is 13.6. The SMILES string of the molecule is CC(C)Cn1c(C2CCN(C(=O)CCc3ccccc3)C2)nc2ccncc21. The third-order valence-electron chi connectivity index (χ3n) is 5.50. The number of pyridine rings is 1. The lowest BCUT2D eigenvalue weighted by atomic mass is 10.1. The highest BCUT2D eigenvalue weighted by Crippen LogP contribution is 2.30. The second kappa shape index (κ2) is 8.13. The third-order valence-corrected chi connectivity index (χ3v) is 5.50. The molecule has 1 fully saturated rings. The minimum atomic E-state index is 0.250.